The molecule has 0 N–H and O–H groups in total. The highest BCUT2D eigenvalue weighted by molar-refractivity contribution is 7.91. The lowest BCUT2D eigenvalue weighted by molar-refractivity contribution is -0.138. The Morgan fingerprint density at radius 1 is 1.06 bits per heavy atom. The second kappa shape index (κ2) is 9.81. The summed E-state index contributed by atoms with van der Waals surface area (Å²) < 4.78 is 84.1. The molecule has 1 aliphatic heterocycles. The quantitative estimate of drug-likeness (QED) is 0.553. The lowest BCUT2D eigenvalue weighted by Crippen LogP contribution is -2.49. The Morgan fingerprint density at radius 3 is 2.26 bits per heavy atom. The fourth-order valence-electron chi connectivity index (χ4n) is 3.90. The van der Waals surface area contributed by atoms with E-state index in [0.29, 0.717) is 17.5 Å². The molecule has 1 heterocycles. The Kier molecular flexibility index (Phi) is 7.44. The minimum atomic E-state index is -4.87. The third-order valence-corrected chi connectivity index (χ3v) is 7.56. The molecule has 0 unspecified atom stereocenters. The number of piperazine rings is 1. The van der Waals surface area contributed by atoms with Crippen LogP contribution in [0.2, 0.25) is 0 Å². The number of carbonyl (C=O) groups is 1. The molecular weight excluding hydrogens is 476 g/mol. The molecule has 0 radical (unpaired) electrons. The first kappa shape index (κ1) is 25.8. The number of sulfone groups is 1. The van der Waals surface area contributed by atoms with E-state index in [1.165, 1.54) is 24.1 Å². The number of carbonyl (C=O) groups excluding carboxylic acids is 1. The standard InChI is InChI=1S/C23H26F4N2O4S/c1-15(2)14-34(31,32)17-5-7-21(33-3)20(13-17)28-8-10-29(11-9-28)22(30)18-6-4-16(24)12-19(18)23(25,26)27/h4-7,12-13,15H,8-11,14H2,1-3H3. The number of anilines is 1. The van der Waals surface area contributed by atoms with E-state index >= 15 is 0 Å². The maximum absolute atomic E-state index is 13.4. The number of halogens is 4. The van der Waals surface area contributed by atoms with Gasteiger partial charge < -0.3 is 14.5 Å². The summed E-state index contributed by atoms with van der Waals surface area (Å²) in [5.41, 5.74) is -1.40. The van der Waals surface area contributed by atoms with Crippen molar-refractivity contribution in [2.24, 2.45) is 5.92 Å². The van der Waals surface area contributed by atoms with Crippen molar-refractivity contribution in [3.8, 4) is 5.75 Å². The zero-order chi connectivity index (χ0) is 25.3. The number of amides is 1. The van der Waals surface area contributed by atoms with Crippen molar-refractivity contribution >= 4 is 21.4 Å². The smallest absolute Gasteiger partial charge is 0.417 e. The number of benzene rings is 2. The van der Waals surface area contributed by atoms with Crippen LogP contribution >= 0.6 is 0 Å². The monoisotopic (exact) mass is 502 g/mol. The molecule has 34 heavy (non-hydrogen) atoms. The van der Waals surface area contributed by atoms with E-state index in [4.69, 9.17) is 4.74 Å². The van der Waals surface area contributed by atoms with Crippen molar-refractivity contribution in [2.75, 3.05) is 43.9 Å². The number of rotatable bonds is 6. The predicted molar refractivity (Wildman–Crippen MR) is 119 cm³/mol. The topological polar surface area (TPSA) is 66.9 Å². The van der Waals surface area contributed by atoms with Crippen molar-refractivity contribution in [1.82, 2.24) is 4.90 Å². The van der Waals surface area contributed by atoms with Crippen molar-refractivity contribution in [1.29, 1.82) is 0 Å². The molecule has 2 aromatic carbocycles. The second-order valence-corrected chi connectivity index (χ2v) is 10.5. The van der Waals surface area contributed by atoms with Gasteiger partial charge in [-0.15, -0.1) is 0 Å². The molecule has 11 heteroatoms. The molecule has 0 saturated carbocycles. The lowest BCUT2D eigenvalue weighted by atomic mass is 10.0. The van der Waals surface area contributed by atoms with E-state index in [2.05, 4.69) is 0 Å². The molecule has 1 saturated heterocycles. The molecule has 0 bridgehead atoms. The Labute approximate surface area is 196 Å². The van der Waals surface area contributed by atoms with Gasteiger partial charge in [-0.05, 0) is 42.3 Å². The Balaban J connectivity index is 1.82. The maximum atomic E-state index is 13.4. The number of alkyl halides is 3. The van der Waals surface area contributed by atoms with Gasteiger partial charge in [0.05, 0.1) is 34.6 Å². The average Bonchev–Trinajstić information content (AvgIpc) is 2.77. The van der Waals surface area contributed by atoms with Crippen LogP contribution in [0.3, 0.4) is 0 Å². The van der Waals surface area contributed by atoms with Gasteiger partial charge in [-0.2, -0.15) is 13.2 Å². The van der Waals surface area contributed by atoms with Crippen LogP contribution in [0.5, 0.6) is 5.75 Å². The summed E-state index contributed by atoms with van der Waals surface area (Å²) in [6, 6.07) is 6.56. The van der Waals surface area contributed by atoms with Crippen LogP contribution in [-0.4, -0.2) is 58.3 Å². The summed E-state index contributed by atoms with van der Waals surface area (Å²) in [5, 5.41) is 0. The Bertz CT molecular complexity index is 1160. The van der Waals surface area contributed by atoms with E-state index < -0.39 is 38.9 Å². The van der Waals surface area contributed by atoms with Crippen molar-refractivity contribution in [3.05, 3.63) is 53.3 Å². The minimum absolute atomic E-state index is 0.0136. The predicted octanol–water partition coefficient (Wildman–Crippen LogP) is 4.25. The Hall–Kier alpha value is -2.82. The summed E-state index contributed by atoms with van der Waals surface area (Å²) in [5.74, 6) is -1.54. The highest BCUT2D eigenvalue weighted by Crippen LogP contribution is 2.35. The van der Waals surface area contributed by atoms with Gasteiger partial charge >= 0.3 is 6.18 Å². The van der Waals surface area contributed by atoms with E-state index in [0.717, 1.165) is 12.1 Å². The molecule has 1 amide bonds. The highest BCUT2D eigenvalue weighted by atomic mass is 32.2. The summed E-state index contributed by atoms with van der Waals surface area (Å²) in [6.07, 6.45) is -4.87. The van der Waals surface area contributed by atoms with Crippen LogP contribution in [0.25, 0.3) is 0 Å². The third-order valence-electron chi connectivity index (χ3n) is 5.49. The molecule has 0 aromatic heterocycles. The zero-order valence-corrected chi connectivity index (χ0v) is 19.8. The SMILES string of the molecule is COc1ccc(S(=O)(=O)CC(C)C)cc1N1CCN(C(=O)c2ccc(F)cc2C(F)(F)F)CC1. The van der Waals surface area contributed by atoms with Crippen molar-refractivity contribution < 1.29 is 35.5 Å². The summed E-state index contributed by atoms with van der Waals surface area (Å²) >= 11 is 0. The summed E-state index contributed by atoms with van der Waals surface area (Å²) in [6.45, 7) is 4.31. The number of methoxy groups -OCH3 is 1. The van der Waals surface area contributed by atoms with Crippen LogP contribution in [0.4, 0.5) is 23.2 Å². The van der Waals surface area contributed by atoms with Gasteiger partial charge in [0.1, 0.15) is 11.6 Å². The average molecular weight is 503 g/mol. The van der Waals surface area contributed by atoms with Gasteiger partial charge in [0.15, 0.2) is 9.84 Å². The van der Waals surface area contributed by atoms with Gasteiger partial charge in [0.25, 0.3) is 5.91 Å². The van der Waals surface area contributed by atoms with E-state index in [9.17, 15) is 30.8 Å². The molecule has 0 aliphatic carbocycles. The fourth-order valence-corrected chi connectivity index (χ4v) is 5.54. The molecule has 0 spiro atoms. The highest BCUT2D eigenvalue weighted by Gasteiger charge is 2.37. The minimum Gasteiger partial charge on any atom is -0.495 e. The second-order valence-electron chi connectivity index (χ2n) is 8.48. The van der Waals surface area contributed by atoms with Crippen molar-refractivity contribution in [3.63, 3.8) is 0 Å². The van der Waals surface area contributed by atoms with E-state index in [-0.39, 0.29) is 42.7 Å². The zero-order valence-electron chi connectivity index (χ0n) is 19.0. The largest absolute Gasteiger partial charge is 0.495 e. The first-order valence-electron chi connectivity index (χ1n) is 10.6. The first-order valence-corrected chi connectivity index (χ1v) is 12.3. The van der Waals surface area contributed by atoms with Gasteiger partial charge in [-0.1, -0.05) is 13.8 Å². The molecule has 6 nitrogen and oxygen atoms in total. The lowest BCUT2D eigenvalue weighted by Gasteiger charge is -2.37. The van der Waals surface area contributed by atoms with Crippen LogP contribution in [0.1, 0.15) is 29.8 Å². The fraction of sp³-hybridized carbons (Fsp3) is 0.435. The molecule has 1 aliphatic rings. The number of hydrogen-bond donors (Lipinski definition) is 0. The number of hydrogen-bond acceptors (Lipinski definition) is 5. The molecule has 0 atom stereocenters. The third kappa shape index (κ3) is 5.63. The van der Waals surface area contributed by atoms with Gasteiger partial charge in [-0.25, -0.2) is 12.8 Å². The van der Waals surface area contributed by atoms with E-state index in [1.54, 1.807) is 6.07 Å². The molecule has 1 fully saturated rings. The van der Waals surface area contributed by atoms with Crippen LogP contribution in [0.15, 0.2) is 41.3 Å². The van der Waals surface area contributed by atoms with Crippen LogP contribution < -0.4 is 9.64 Å². The first-order chi connectivity index (χ1) is 15.8. The van der Waals surface area contributed by atoms with Gasteiger partial charge in [-0.3, -0.25) is 4.79 Å². The normalized spacial score (nSPS) is 15.1. The van der Waals surface area contributed by atoms with Crippen molar-refractivity contribution in [2.45, 2.75) is 24.9 Å². The molecule has 2 aromatic rings. The van der Waals surface area contributed by atoms with Crippen LogP contribution in [0, 0.1) is 11.7 Å². The molecular formula is C23H26F4N2O4S. The number of ether oxygens (including phenoxy) is 1. The van der Waals surface area contributed by atoms with Gasteiger partial charge in [0.2, 0.25) is 0 Å². The molecule has 3 rings (SSSR count). The number of nitrogens with zero attached hydrogens (tertiary/aromatic N) is 2. The summed E-state index contributed by atoms with van der Waals surface area (Å²) in [7, 11) is -2.06. The van der Waals surface area contributed by atoms with E-state index in [1.807, 2.05) is 18.7 Å². The summed E-state index contributed by atoms with van der Waals surface area (Å²) in [4.78, 5) is 16.1. The maximum Gasteiger partial charge on any atom is 0.417 e. The Morgan fingerprint density at radius 2 is 1.71 bits per heavy atom. The van der Waals surface area contributed by atoms with Gasteiger partial charge in [0, 0.05) is 26.2 Å². The van der Waals surface area contributed by atoms with Crippen LogP contribution in [-0.2, 0) is 16.0 Å². The molecule has 186 valence electrons.